The molecule has 27 heavy (non-hydrogen) atoms. The Morgan fingerprint density at radius 2 is 1.74 bits per heavy atom. The molecule has 3 rings (SSSR count). The molecule has 0 atom stereocenters. The number of rotatable bonds is 4. The van der Waals surface area contributed by atoms with E-state index in [0.717, 1.165) is 46.4 Å². The van der Waals surface area contributed by atoms with Crippen molar-refractivity contribution in [2.75, 3.05) is 0 Å². The molecule has 146 valence electrons. The van der Waals surface area contributed by atoms with E-state index in [2.05, 4.69) is 47.0 Å². The molecule has 0 aliphatic heterocycles. The molecule has 1 aromatic heterocycles. The fourth-order valence-corrected chi connectivity index (χ4v) is 5.89. The second kappa shape index (κ2) is 7.04. The maximum atomic E-state index is 12.3. The number of carboxylic acid groups (broad SMARTS) is 1. The minimum absolute atomic E-state index is 0.155. The molecular formula is C22H30N2O2S. The Kier molecular flexibility index (Phi) is 5.23. The van der Waals surface area contributed by atoms with Crippen LogP contribution in [0.1, 0.15) is 68.9 Å². The number of carbonyl (C=O) groups is 1. The number of nitrogens with two attached hydrogens (primary N) is 1. The summed E-state index contributed by atoms with van der Waals surface area (Å²) in [6.45, 7) is 13.5. The van der Waals surface area contributed by atoms with E-state index < -0.39 is 5.97 Å². The molecule has 0 saturated heterocycles. The quantitative estimate of drug-likeness (QED) is 0.520. The standard InChI is InChI=1S/C22H30N2O2S/c1-11-13(3)18(14(4)12(2)16(11)10-24-23)20-19(21(25)26)15-9-22(5,6)8-7-17(15)27-20/h24H,7-10,23H2,1-6H3,(H,25,26). The first-order chi connectivity index (χ1) is 12.6. The van der Waals surface area contributed by atoms with E-state index >= 15 is 0 Å². The minimum atomic E-state index is -0.804. The van der Waals surface area contributed by atoms with Crippen molar-refractivity contribution >= 4 is 17.3 Å². The second-order valence-corrected chi connectivity index (χ2v) is 9.69. The maximum absolute atomic E-state index is 12.3. The van der Waals surface area contributed by atoms with Gasteiger partial charge in [0, 0.05) is 16.3 Å². The number of carboxylic acids is 1. The summed E-state index contributed by atoms with van der Waals surface area (Å²) in [6, 6.07) is 0. The Labute approximate surface area is 165 Å². The fourth-order valence-electron chi connectivity index (χ4n) is 4.42. The van der Waals surface area contributed by atoms with Crippen molar-refractivity contribution in [3.05, 3.63) is 43.8 Å². The van der Waals surface area contributed by atoms with Crippen LogP contribution in [0.5, 0.6) is 0 Å². The van der Waals surface area contributed by atoms with Gasteiger partial charge in [-0.1, -0.05) is 13.8 Å². The van der Waals surface area contributed by atoms with Crippen molar-refractivity contribution in [3.63, 3.8) is 0 Å². The summed E-state index contributed by atoms with van der Waals surface area (Å²) < 4.78 is 0. The fraction of sp³-hybridized carbons (Fsp3) is 0.500. The number of aromatic carboxylic acids is 1. The highest BCUT2D eigenvalue weighted by Crippen LogP contribution is 2.47. The zero-order valence-corrected chi connectivity index (χ0v) is 18.0. The van der Waals surface area contributed by atoms with Crippen LogP contribution in [0.4, 0.5) is 0 Å². The average molecular weight is 387 g/mol. The van der Waals surface area contributed by atoms with E-state index in [0.29, 0.717) is 12.1 Å². The van der Waals surface area contributed by atoms with Gasteiger partial charge in [0.05, 0.1) is 5.56 Å². The van der Waals surface area contributed by atoms with E-state index in [1.807, 2.05) is 0 Å². The maximum Gasteiger partial charge on any atom is 0.337 e. The number of thiophene rings is 1. The highest BCUT2D eigenvalue weighted by molar-refractivity contribution is 7.16. The monoisotopic (exact) mass is 386 g/mol. The molecule has 5 heteroatoms. The van der Waals surface area contributed by atoms with Crippen LogP contribution in [0.2, 0.25) is 0 Å². The number of nitrogens with one attached hydrogen (secondary N) is 1. The highest BCUT2D eigenvalue weighted by atomic mass is 32.1. The van der Waals surface area contributed by atoms with Crippen molar-refractivity contribution in [1.29, 1.82) is 0 Å². The van der Waals surface area contributed by atoms with Crippen molar-refractivity contribution in [2.24, 2.45) is 11.3 Å². The lowest BCUT2D eigenvalue weighted by Crippen LogP contribution is -2.23. The summed E-state index contributed by atoms with van der Waals surface area (Å²) >= 11 is 1.69. The van der Waals surface area contributed by atoms with Crippen LogP contribution in [0, 0.1) is 33.1 Å². The number of hydrogen-bond donors (Lipinski definition) is 3. The van der Waals surface area contributed by atoms with Crippen LogP contribution in [0.3, 0.4) is 0 Å². The summed E-state index contributed by atoms with van der Waals surface area (Å²) in [4.78, 5) is 14.5. The van der Waals surface area contributed by atoms with Gasteiger partial charge in [-0.05, 0) is 91.3 Å². The lowest BCUT2D eigenvalue weighted by molar-refractivity contribution is 0.0696. The Balaban J connectivity index is 2.30. The second-order valence-electron chi connectivity index (χ2n) is 8.59. The van der Waals surface area contributed by atoms with Gasteiger partial charge in [-0.15, -0.1) is 11.3 Å². The van der Waals surface area contributed by atoms with Crippen LogP contribution in [0.15, 0.2) is 0 Å². The molecule has 0 saturated carbocycles. The molecule has 0 unspecified atom stereocenters. The zero-order chi connectivity index (χ0) is 20.1. The number of fused-ring (bicyclic) bond motifs is 1. The van der Waals surface area contributed by atoms with Gasteiger partial charge in [0.1, 0.15) is 0 Å². The third-order valence-corrected chi connectivity index (χ3v) is 7.58. The summed E-state index contributed by atoms with van der Waals surface area (Å²) in [6.07, 6.45) is 2.92. The van der Waals surface area contributed by atoms with Crippen molar-refractivity contribution in [3.8, 4) is 10.4 Å². The summed E-state index contributed by atoms with van der Waals surface area (Å²) in [5, 5.41) is 10.1. The van der Waals surface area contributed by atoms with E-state index in [1.54, 1.807) is 11.3 Å². The van der Waals surface area contributed by atoms with Gasteiger partial charge < -0.3 is 5.11 Å². The largest absolute Gasteiger partial charge is 0.478 e. The lowest BCUT2D eigenvalue weighted by atomic mass is 9.75. The average Bonchev–Trinajstić information content (AvgIpc) is 2.94. The van der Waals surface area contributed by atoms with Crippen LogP contribution < -0.4 is 11.3 Å². The Bertz CT molecular complexity index is 896. The predicted molar refractivity (Wildman–Crippen MR) is 112 cm³/mol. The molecule has 4 nitrogen and oxygen atoms in total. The van der Waals surface area contributed by atoms with Gasteiger partial charge in [0.2, 0.25) is 0 Å². The topological polar surface area (TPSA) is 75.3 Å². The van der Waals surface area contributed by atoms with Crippen molar-refractivity contribution in [2.45, 2.75) is 67.3 Å². The van der Waals surface area contributed by atoms with Gasteiger partial charge in [0.15, 0.2) is 0 Å². The summed E-state index contributed by atoms with van der Waals surface area (Å²) in [5.74, 6) is 4.77. The van der Waals surface area contributed by atoms with Gasteiger partial charge in [-0.3, -0.25) is 11.3 Å². The molecule has 0 fully saturated rings. The molecule has 1 aromatic carbocycles. The van der Waals surface area contributed by atoms with Crippen LogP contribution in [0.25, 0.3) is 10.4 Å². The molecule has 2 aromatic rings. The number of hydrogen-bond acceptors (Lipinski definition) is 4. The summed E-state index contributed by atoms with van der Waals surface area (Å²) in [5.41, 5.74) is 11.5. The first-order valence-corrected chi connectivity index (χ1v) is 10.3. The number of benzene rings is 1. The normalized spacial score (nSPS) is 15.7. The third kappa shape index (κ3) is 3.33. The van der Waals surface area contributed by atoms with Gasteiger partial charge in [0.25, 0.3) is 0 Å². The predicted octanol–water partition coefficient (Wildman–Crippen LogP) is 4.83. The summed E-state index contributed by atoms with van der Waals surface area (Å²) in [7, 11) is 0. The molecule has 0 bridgehead atoms. The first-order valence-electron chi connectivity index (χ1n) is 9.50. The SMILES string of the molecule is Cc1c(C)c(-c2sc3c(c2C(=O)O)CC(C)(C)CC3)c(C)c(C)c1CNN. The molecule has 1 heterocycles. The molecule has 1 aliphatic carbocycles. The number of aryl methyl sites for hydroxylation is 1. The molecule has 0 radical (unpaired) electrons. The third-order valence-electron chi connectivity index (χ3n) is 6.27. The van der Waals surface area contributed by atoms with E-state index in [9.17, 15) is 9.90 Å². The molecule has 1 aliphatic rings. The zero-order valence-electron chi connectivity index (χ0n) is 17.2. The van der Waals surface area contributed by atoms with Gasteiger partial charge in [-0.25, -0.2) is 4.79 Å². The van der Waals surface area contributed by atoms with Crippen LogP contribution >= 0.6 is 11.3 Å². The van der Waals surface area contributed by atoms with Gasteiger partial charge >= 0.3 is 5.97 Å². The lowest BCUT2D eigenvalue weighted by Gasteiger charge is -2.29. The van der Waals surface area contributed by atoms with Gasteiger partial charge in [-0.2, -0.15) is 0 Å². The van der Waals surface area contributed by atoms with E-state index in [1.165, 1.54) is 21.6 Å². The van der Waals surface area contributed by atoms with E-state index in [4.69, 9.17) is 5.84 Å². The minimum Gasteiger partial charge on any atom is -0.478 e. The van der Waals surface area contributed by atoms with Crippen LogP contribution in [-0.2, 0) is 19.4 Å². The molecule has 0 amide bonds. The Morgan fingerprint density at radius 3 is 2.26 bits per heavy atom. The highest BCUT2D eigenvalue weighted by Gasteiger charge is 2.34. The molecule has 4 N–H and O–H groups in total. The first kappa shape index (κ1) is 20.1. The molecular weight excluding hydrogens is 356 g/mol. The Hall–Kier alpha value is -1.69. The number of hydrazine groups is 1. The molecule has 0 spiro atoms. The van der Waals surface area contributed by atoms with Crippen molar-refractivity contribution in [1.82, 2.24) is 5.43 Å². The van der Waals surface area contributed by atoms with E-state index in [-0.39, 0.29) is 5.41 Å². The van der Waals surface area contributed by atoms with Crippen LogP contribution in [-0.4, -0.2) is 11.1 Å². The van der Waals surface area contributed by atoms with Crippen molar-refractivity contribution < 1.29 is 9.90 Å². The smallest absolute Gasteiger partial charge is 0.337 e. The Morgan fingerprint density at radius 1 is 1.15 bits per heavy atom.